The van der Waals surface area contributed by atoms with Gasteiger partial charge in [-0.05, 0) is 121 Å². The number of aromatic hydroxyl groups is 25. The minimum Gasteiger partial charge on any atom is -0.504 e. The summed E-state index contributed by atoms with van der Waals surface area (Å²) >= 11 is 0. The van der Waals surface area contributed by atoms with Gasteiger partial charge in [-0.25, -0.2) is 47.9 Å². The molecule has 0 unspecified atom stereocenters. The Labute approximate surface area is 677 Å². The molecule has 1 aliphatic rings. The summed E-state index contributed by atoms with van der Waals surface area (Å²) in [4.78, 5) is 142. The molecule has 1 saturated heterocycles. The van der Waals surface area contributed by atoms with Gasteiger partial charge in [0, 0.05) is 0 Å². The fraction of sp³-hybridized carbons (Fsp3) is 0.0789. The van der Waals surface area contributed by atoms with Crippen molar-refractivity contribution in [3.05, 3.63) is 177 Å². The van der Waals surface area contributed by atoms with Crippen LogP contribution in [0.4, 0.5) is 0 Å². The average Bonchev–Trinajstić information content (AvgIpc) is 0.763. The maximum absolute atomic E-state index is 15.3. The van der Waals surface area contributed by atoms with E-state index in [0.717, 1.165) is 0 Å². The smallest absolute Gasteiger partial charge is 0.343 e. The molecule has 10 aromatic carbocycles. The molecule has 27 N–H and O–H groups in total. The van der Waals surface area contributed by atoms with E-state index >= 15 is 14.4 Å². The lowest BCUT2D eigenvalue weighted by Crippen LogP contribution is -2.63. The van der Waals surface area contributed by atoms with E-state index in [9.17, 15) is 161 Å². The zero-order valence-electron chi connectivity index (χ0n) is 60.4. The number of carbonyl (C=O) groups excluding carboxylic acids is 10. The lowest BCUT2D eigenvalue weighted by atomic mass is 9.97. The first kappa shape index (κ1) is 87.2. The number of esters is 10. The van der Waals surface area contributed by atoms with Gasteiger partial charge < -0.3 is 185 Å². The van der Waals surface area contributed by atoms with E-state index in [0.29, 0.717) is 121 Å². The molecule has 0 saturated carbocycles. The van der Waals surface area contributed by atoms with Crippen LogP contribution < -0.4 is 23.7 Å². The molecule has 123 heavy (non-hydrogen) atoms. The Morgan fingerprint density at radius 1 is 0.211 bits per heavy atom. The fourth-order valence-corrected chi connectivity index (χ4v) is 10.8. The highest BCUT2D eigenvalue weighted by Crippen LogP contribution is 2.48. The molecular weight excluding hydrogens is 1660 g/mol. The van der Waals surface area contributed by atoms with Gasteiger partial charge in [-0.15, -0.1) is 0 Å². The Balaban J connectivity index is 0.0000158. The van der Waals surface area contributed by atoms with Crippen molar-refractivity contribution in [2.45, 2.75) is 30.7 Å². The second-order valence-electron chi connectivity index (χ2n) is 25.1. The van der Waals surface area contributed by atoms with Crippen LogP contribution in [-0.4, -0.2) is 230 Å². The number of carbonyl (C=O) groups is 10. The number of phenolic OH excluding ortho intramolecular Hbond substituents is 25. The average molecular weight is 1720 g/mol. The third kappa shape index (κ3) is 18.3. The highest BCUT2D eigenvalue weighted by atomic mass is 16.8. The summed E-state index contributed by atoms with van der Waals surface area (Å²) < 4.78 is 60.4. The van der Waals surface area contributed by atoms with E-state index < -0.39 is 325 Å². The lowest BCUT2D eigenvalue weighted by molar-refractivity contribution is -0.282. The molecule has 0 amide bonds. The van der Waals surface area contributed by atoms with Crippen molar-refractivity contribution < 1.29 is 233 Å². The standard InChI is InChI=1S/C76H52O46.H2O/c77-32-1-22(2-33(78)53(32)92)67(103)113-47-16-27(11-42(87)58(47)97)66(102)112-21-52-63(119-72(108)28-12-43(88)59(98)48(17-28)114-68(104)23-3-34(79)54(93)35(80)4-23)64(120-73(109)29-13-44(89)60(99)49(18-29)115-69(105)24-5-36(81)55(94)37(82)6-24)65(121-74(110)30-14-45(90)61(100)50(19-30)116-70(106)25-7-38(83)56(95)39(84)8-25)76(118-52)122-75(111)31-15-46(91)62(101)51(20-31)117-71(107)26-9-40(85)57(96)41(86)10-26;/h1-20,52,63-65,76-101H,21H2;1H2/t52-,63-,64+,65-,76+;/m1./s1. The second kappa shape index (κ2) is 34.3. The number of hydrogen-bond acceptors (Lipinski definition) is 46. The number of phenols is 25. The van der Waals surface area contributed by atoms with Crippen LogP contribution in [0.3, 0.4) is 0 Å². The summed E-state index contributed by atoms with van der Waals surface area (Å²) in [6.07, 6.45) is -15.1. The Kier molecular flexibility index (Phi) is 24.3. The summed E-state index contributed by atoms with van der Waals surface area (Å²) in [6, 6.07) is 8.56. The minimum atomic E-state index is -3.12. The van der Waals surface area contributed by atoms with Gasteiger partial charge in [0.15, 0.2) is 156 Å². The topological polar surface area (TPSA) is 809 Å². The van der Waals surface area contributed by atoms with Crippen LogP contribution in [-0.2, 0) is 28.4 Å². The van der Waals surface area contributed by atoms with Gasteiger partial charge in [0.1, 0.15) is 12.7 Å². The van der Waals surface area contributed by atoms with Crippen LogP contribution in [0.5, 0.6) is 172 Å². The van der Waals surface area contributed by atoms with Crippen molar-refractivity contribution >= 4 is 59.7 Å². The largest absolute Gasteiger partial charge is 0.504 e. The van der Waals surface area contributed by atoms with Gasteiger partial charge >= 0.3 is 59.7 Å². The maximum atomic E-state index is 15.3. The SMILES string of the molecule is O.O=C(OC[C@H]1O[C@@H](OC(=O)c2cc(O)c(O)c(OC(=O)c3cc(O)c(O)c(O)c3)c2)[C@H](OC(=O)c2cc(O)c(O)c(OC(=O)c3cc(O)c(O)c(O)c3)c2)[C@@H](OC(=O)c2cc(O)c(O)c(OC(=O)c3cc(O)c(O)c(O)c3)c2)[C@@H]1OC(=O)c1cc(O)c(O)c(OC(=O)c2cc(O)c(O)c(O)c2)c1)c1cc(O)c(O)c(OC(=O)c2cc(O)c(O)c(O)c2)c1. The van der Waals surface area contributed by atoms with Crippen molar-refractivity contribution in [3.63, 3.8) is 0 Å². The summed E-state index contributed by atoms with van der Waals surface area (Å²) in [7, 11) is 0. The minimum absolute atomic E-state index is 0. The molecule has 47 heteroatoms. The Morgan fingerprint density at radius 3 is 0.602 bits per heavy atom. The van der Waals surface area contributed by atoms with Gasteiger partial charge in [-0.3, -0.25) is 0 Å². The van der Waals surface area contributed by atoms with Crippen LogP contribution in [0.15, 0.2) is 121 Å². The quantitative estimate of drug-likeness (QED) is 0.0209. The van der Waals surface area contributed by atoms with Crippen LogP contribution in [0.1, 0.15) is 104 Å². The van der Waals surface area contributed by atoms with E-state index in [1.54, 1.807) is 0 Å². The number of ether oxygens (including phenoxy) is 11. The summed E-state index contributed by atoms with van der Waals surface area (Å²) in [6.45, 7) is -1.71. The predicted octanol–water partition coefficient (Wildman–Crippen LogP) is 4.01. The highest BCUT2D eigenvalue weighted by molar-refractivity contribution is 6.00. The van der Waals surface area contributed by atoms with Gasteiger partial charge in [0.2, 0.25) is 41.1 Å². The van der Waals surface area contributed by atoms with E-state index in [2.05, 4.69) is 0 Å². The van der Waals surface area contributed by atoms with Gasteiger partial charge in [0.25, 0.3) is 0 Å². The molecule has 1 heterocycles. The van der Waals surface area contributed by atoms with E-state index in [4.69, 9.17) is 52.1 Å². The predicted molar refractivity (Wildman–Crippen MR) is 386 cm³/mol. The van der Waals surface area contributed by atoms with Crippen molar-refractivity contribution in [1.29, 1.82) is 0 Å². The zero-order chi connectivity index (χ0) is 89.4. The van der Waals surface area contributed by atoms with Gasteiger partial charge in [-0.1, -0.05) is 0 Å². The molecule has 0 aliphatic carbocycles. The first-order valence-electron chi connectivity index (χ1n) is 33.2. The lowest BCUT2D eigenvalue weighted by Gasteiger charge is -2.43. The molecule has 10 aromatic rings. The van der Waals surface area contributed by atoms with Crippen LogP contribution in [0, 0.1) is 0 Å². The van der Waals surface area contributed by atoms with Crippen molar-refractivity contribution in [2.75, 3.05) is 6.61 Å². The van der Waals surface area contributed by atoms with E-state index in [1.807, 2.05) is 0 Å². The first-order chi connectivity index (χ1) is 57.4. The molecule has 1 fully saturated rings. The Bertz CT molecular complexity index is 5970. The molecule has 0 aromatic heterocycles. The molecule has 0 radical (unpaired) electrons. The molecule has 5 atom stereocenters. The summed E-state index contributed by atoms with van der Waals surface area (Å²) in [5.74, 6) is -56.0. The summed E-state index contributed by atoms with van der Waals surface area (Å²) in [5.41, 5.74) is -9.89. The number of rotatable bonds is 21. The maximum Gasteiger partial charge on any atom is 0.343 e. The van der Waals surface area contributed by atoms with Gasteiger partial charge in [-0.2, -0.15) is 0 Å². The van der Waals surface area contributed by atoms with Crippen LogP contribution in [0.2, 0.25) is 0 Å². The molecule has 11 rings (SSSR count). The molecular formula is C76H54O47. The molecule has 47 nitrogen and oxygen atoms in total. The molecule has 1 aliphatic heterocycles. The number of hydrogen-bond donors (Lipinski definition) is 25. The van der Waals surface area contributed by atoms with Crippen LogP contribution in [0.25, 0.3) is 0 Å². The van der Waals surface area contributed by atoms with Gasteiger partial charge in [0.05, 0.1) is 55.6 Å². The van der Waals surface area contributed by atoms with Crippen molar-refractivity contribution in [1.82, 2.24) is 0 Å². The monoisotopic (exact) mass is 1720 g/mol. The summed E-state index contributed by atoms with van der Waals surface area (Å²) in [5, 5.41) is 261. The Hall–Kier alpha value is -18.2. The highest BCUT2D eigenvalue weighted by Gasteiger charge is 2.55. The zero-order valence-corrected chi connectivity index (χ0v) is 60.4. The Morgan fingerprint density at radius 2 is 0.382 bits per heavy atom. The van der Waals surface area contributed by atoms with Crippen LogP contribution >= 0.6 is 0 Å². The normalized spacial score (nSPS) is 14.5. The van der Waals surface area contributed by atoms with Crippen molar-refractivity contribution in [2.24, 2.45) is 0 Å². The number of benzene rings is 10. The molecule has 640 valence electrons. The molecule has 0 bridgehead atoms. The fourth-order valence-electron chi connectivity index (χ4n) is 10.8. The third-order valence-electron chi connectivity index (χ3n) is 16.9. The second-order valence-corrected chi connectivity index (χ2v) is 25.1. The third-order valence-corrected chi connectivity index (χ3v) is 16.9. The first-order valence-corrected chi connectivity index (χ1v) is 33.2. The molecule has 0 spiro atoms. The van der Waals surface area contributed by atoms with Crippen molar-refractivity contribution in [3.8, 4) is 172 Å². The van der Waals surface area contributed by atoms with E-state index in [1.165, 1.54) is 0 Å². The van der Waals surface area contributed by atoms with E-state index in [-0.39, 0.29) is 5.48 Å².